The maximum Gasteiger partial charge on any atom is 0.363 e. The number of rotatable bonds is 6. The second-order valence-electron chi connectivity index (χ2n) is 9.12. The first-order valence-corrected chi connectivity index (χ1v) is 13.0. The van der Waals surface area contributed by atoms with E-state index in [1.165, 1.54) is 24.5 Å². The zero-order valence-corrected chi connectivity index (χ0v) is 23.8. The highest BCUT2D eigenvalue weighted by Crippen LogP contribution is 2.13. The number of esters is 2. The van der Waals surface area contributed by atoms with Gasteiger partial charge < -0.3 is 9.47 Å². The summed E-state index contributed by atoms with van der Waals surface area (Å²) in [7, 11) is 1.12. The van der Waals surface area contributed by atoms with Crippen LogP contribution in [0.25, 0.3) is 11.4 Å². The number of aromatic nitrogens is 4. The van der Waals surface area contributed by atoms with E-state index < -0.39 is 45.8 Å². The fourth-order valence-corrected chi connectivity index (χ4v) is 3.82. The van der Waals surface area contributed by atoms with E-state index in [1.54, 1.807) is 30.3 Å². The molecule has 0 bridgehead atoms. The van der Waals surface area contributed by atoms with Crippen LogP contribution >= 0.6 is 0 Å². The van der Waals surface area contributed by atoms with E-state index in [0.29, 0.717) is 0 Å². The maximum atomic E-state index is 13.6. The number of methoxy groups -OCH3 is 1. The van der Waals surface area contributed by atoms with Crippen molar-refractivity contribution in [2.75, 3.05) is 7.11 Å². The van der Waals surface area contributed by atoms with Crippen LogP contribution in [0.2, 0.25) is 0 Å². The Labute approximate surface area is 258 Å². The maximum absolute atomic E-state index is 13.6. The molecule has 0 aliphatic heterocycles. The number of hydrogen-bond donors (Lipinski definition) is 0. The monoisotopic (exact) mass is 622 g/mol. The summed E-state index contributed by atoms with van der Waals surface area (Å²) in [6.45, 7) is -0.00572. The third kappa shape index (κ3) is 7.97. The summed E-state index contributed by atoms with van der Waals surface area (Å²) in [5.41, 5.74) is -0.690. The Kier molecular flexibility index (Phi) is 10.2. The van der Waals surface area contributed by atoms with Crippen LogP contribution in [-0.2, 0) is 16.1 Å². The molecule has 0 spiro atoms. The Morgan fingerprint density at radius 2 is 1.22 bits per heavy atom. The van der Waals surface area contributed by atoms with Gasteiger partial charge >= 0.3 is 11.9 Å². The van der Waals surface area contributed by atoms with Crippen LogP contribution in [0.3, 0.4) is 0 Å². The normalized spacial score (nSPS) is 10.0. The molecule has 0 atom stereocenters. The molecule has 0 N–H and O–H groups in total. The summed E-state index contributed by atoms with van der Waals surface area (Å²) in [5, 5.41) is 25.4. The lowest BCUT2D eigenvalue weighted by molar-refractivity contribution is 0.0461. The molecule has 0 amide bonds. The predicted octanol–water partition coefficient (Wildman–Crippen LogP) is 3.63. The standard InChI is InChI=1S/C19H12FN3O3.C13H8FN3O3/c20-15-8-14(11-21)9-16(10-15)23-7-6-17(24)18(22-23)19(25)26-12-13-4-2-1-3-5-13;1-20-13(19)12-11(18)2-3-17(16-12)10-5-8(7-15)4-9(14)6-10/h1-10H,12H2;2-6H,1H3. The van der Waals surface area contributed by atoms with Crippen LogP contribution in [0, 0.1) is 34.3 Å². The van der Waals surface area contributed by atoms with Crippen LogP contribution in [-0.4, -0.2) is 38.6 Å². The number of ether oxygens (including phenoxy) is 2. The average molecular weight is 623 g/mol. The van der Waals surface area contributed by atoms with Crippen LogP contribution < -0.4 is 10.9 Å². The number of carbonyl (C=O) groups is 2. The number of benzene rings is 3. The van der Waals surface area contributed by atoms with Crippen molar-refractivity contribution >= 4 is 11.9 Å². The number of nitriles is 2. The molecule has 0 aliphatic rings. The van der Waals surface area contributed by atoms with E-state index in [9.17, 15) is 28.0 Å². The van der Waals surface area contributed by atoms with E-state index in [2.05, 4.69) is 14.9 Å². The zero-order valence-electron chi connectivity index (χ0n) is 23.8. The van der Waals surface area contributed by atoms with Gasteiger partial charge in [0, 0.05) is 24.5 Å². The fraction of sp³-hybridized carbons (Fsp3) is 0.0625. The molecule has 2 aromatic heterocycles. The molecule has 12 nitrogen and oxygen atoms in total. The Balaban J connectivity index is 0.000000216. The smallest absolute Gasteiger partial charge is 0.363 e. The van der Waals surface area contributed by atoms with Crippen molar-refractivity contribution in [3.63, 3.8) is 0 Å². The Morgan fingerprint density at radius 1 is 0.739 bits per heavy atom. The molecule has 5 aromatic rings. The van der Waals surface area contributed by atoms with Crippen LogP contribution in [0.15, 0.2) is 101 Å². The molecular weight excluding hydrogens is 602 g/mol. The van der Waals surface area contributed by atoms with E-state index in [4.69, 9.17) is 15.3 Å². The molecular formula is C32H20F2N6O6. The van der Waals surface area contributed by atoms with Crippen molar-refractivity contribution in [1.82, 2.24) is 19.6 Å². The second-order valence-corrected chi connectivity index (χ2v) is 9.12. The van der Waals surface area contributed by atoms with E-state index in [0.717, 1.165) is 58.4 Å². The van der Waals surface area contributed by atoms with Crippen molar-refractivity contribution in [3.05, 3.63) is 151 Å². The fourth-order valence-electron chi connectivity index (χ4n) is 3.82. The minimum Gasteiger partial charge on any atom is -0.464 e. The van der Waals surface area contributed by atoms with Crippen molar-refractivity contribution in [2.45, 2.75) is 6.61 Å². The molecule has 0 aliphatic carbocycles. The van der Waals surface area contributed by atoms with Gasteiger partial charge in [0.1, 0.15) is 18.2 Å². The molecule has 5 rings (SSSR count). The Morgan fingerprint density at radius 3 is 1.67 bits per heavy atom. The lowest BCUT2D eigenvalue weighted by Gasteiger charge is -2.08. The molecule has 0 saturated heterocycles. The molecule has 0 fully saturated rings. The van der Waals surface area contributed by atoms with Gasteiger partial charge in [0.15, 0.2) is 0 Å². The van der Waals surface area contributed by atoms with Gasteiger partial charge in [-0.05, 0) is 42.0 Å². The van der Waals surface area contributed by atoms with Gasteiger partial charge in [-0.25, -0.2) is 27.7 Å². The Bertz CT molecular complexity index is 2130. The molecule has 0 radical (unpaired) electrons. The van der Waals surface area contributed by atoms with Gasteiger partial charge in [0.25, 0.3) is 0 Å². The van der Waals surface area contributed by atoms with Gasteiger partial charge in [0.2, 0.25) is 22.2 Å². The van der Waals surface area contributed by atoms with Gasteiger partial charge in [-0.1, -0.05) is 30.3 Å². The molecule has 46 heavy (non-hydrogen) atoms. The van der Waals surface area contributed by atoms with E-state index in [-0.39, 0.29) is 29.1 Å². The van der Waals surface area contributed by atoms with Gasteiger partial charge in [0.05, 0.1) is 41.7 Å². The number of nitrogens with zero attached hydrogens (tertiary/aromatic N) is 6. The zero-order chi connectivity index (χ0) is 33.2. The largest absolute Gasteiger partial charge is 0.464 e. The minimum absolute atomic E-state index is 0.00572. The summed E-state index contributed by atoms with van der Waals surface area (Å²) in [5.74, 6) is -3.03. The second kappa shape index (κ2) is 14.6. The lowest BCUT2D eigenvalue weighted by Crippen LogP contribution is -2.22. The van der Waals surface area contributed by atoms with Crippen molar-refractivity contribution in [1.29, 1.82) is 10.5 Å². The number of hydrogen-bond acceptors (Lipinski definition) is 10. The first kappa shape index (κ1) is 32.1. The van der Waals surface area contributed by atoms with Crippen molar-refractivity contribution in [3.8, 4) is 23.5 Å². The molecule has 0 unspecified atom stereocenters. The highest BCUT2D eigenvalue weighted by Gasteiger charge is 2.16. The van der Waals surface area contributed by atoms with Gasteiger partial charge in [-0.3, -0.25) is 9.59 Å². The van der Waals surface area contributed by atoms with Crippen LogP contribution in [0.5, 0.6) is 0 Å². The summed E-state index contributed by atoms with van der Waals surface area (Å²) in [6, 6.07) is 22.0. The van der Waals surface area contributed by atoms with Gasteiger partial charge in [-0.15, -0.1) is 0 Å². The predicted molar refractivity (Wildman–Crippen MR) is 156 cm³/mol. The molecule has 3 aromatic carbocycles. The molecule has 0 saturated carbocycles. The third-order valence-electron chi connectivity index (χ3n) is 5.95. The first-order chi connectivity index (χ1) is 22.1. The van der Waals surface area contributed by atoms with Crippen LogP contribution in [0.4, 0.5) is 8.78 Å². The minimum atomic E-state index is -0.888. The summed E-state index contributed by atoms with van der Waals surface area (Å²) < 4.78 is 38.8. The highest BCUT2D eigenvalue weighted by atomic mass is 19.1. The average Bonchev–Trinajstić information content (AvgIpc) is 3.07. The molecule has 2 heterocycles. The summed E-state index contributed by atoms with van der Waals surface area (Å²) >= 11 is 0. The van der Waals surface area contributed by atoms with E-state index >= 15 is 0 Å². The number of carbonyl (C=O) groups excluding carboxylic acids is 2. The first-order valence-electron chi connectivity index (χ1n) is 13.0. The lowest BCUT2D eigenvalue weighted by atomic mass is 10.2. The quantitative estimate of drug-likeness (QED) is 0.255. The summed E-state index contributed by atoms with van der Waals surface area (Å²) in [4.78, 5) is 47.0. The third-order valence-corrected chi connectivity index (χ3v) is 5.95. The number of halogens is 2. The SMILES string of the molecule is COC(=O)c1nn(-c2cc(F)cc(C#N)c2)ccc1=O.N#Cc1cc(F)cc(-n2ccc(=O)c(C(=O)OCc3ccccc3)n2)c1. The van der Waals surface area contributed by atoms with Crippen molar-refractivity contribution < 1.29 is 27.8 Å². The van der Waals surface area contributed by atoms with Crippen LogP contribution in [0.1, 0.15) is 37.7 Å². The highest BCUT2D eigenvalue weighted by molar-refractivity contribution is 5.87. The topological polar surface area (TPSA) is 170 Å². The summed E-state index contributed by atoms with van der Waals surface area (Å²) in [6.07, 6.45) is 2.55. The van der Waals surface area contributed by atoms with Crippen molar-refractivity contribution in [2.24, 2.45) is 0 Å². The molecule has 228 valence electrons. The Hall–Kier alpha value is -6.80. The van der Waals surface area contributed by atoms with Gasteiger partial charge in [-0.2, -0.15) is 20.7 Å². The van der Waals surface area contributed by atoms with E-state index in [1.807, 2.05) is 12.1 Å². The molecule has 14 heteroatoms.